The van der Waals surface area contributed by atoms with E-state index in [1.54, 1.807) is 18.3 Å². The lowest BCUT2D eigenvalue weighted by Gasteiger charge is -2.30. The van der Waals surface area contributed by atoms with E-state index in [9.17, 15) is 13.2 Å². The summed E-state index contributed by atoms with van der Waals surface area (Å²) in [6, 6.07) is 7.31. The number of carbonyl (C=O) groups excluding carboxylic acids is 1. The molecule has 0 amide bonds. The van der Waals surface area contributed by atoms with Gasteiger partial charge < -0.3 is 4.74 Å². The van der Waals surface area contributed by atoms with Gasteiger partial charge in [-0.25, -0.2) is 18.2 Å². The summed E-state index contributed by atoms with van der Waals surface area (Å²) < 4.78 is 33.1. The van der Waals surface area contributed by atoms with Gasteiger partial charge in [-0.3, -0.25) is 0 Å². The number of hydrogen-bond donors (Lipinski definition) is 0. The van der Waals surface area contributed by atoms with E-state index in [4.69, 9.17) is 16.3 Å². The fraction of sp³-hybridized carbons (Fsp3) is 0.333. The molecule has 0 radical (unpaired) electrons. The third kappa shape index (κ3) is 4.51. The summed E-state index contributed by atoms with van der Waals surface area (Å²) >= 11 is 9.35. The molecule has 1 aromatic heterocycles. The highest BCUT2D eigenvalue weighted by atomic mass is 79.9. The number of benzene rings is 1. The van der Waals surface area contributed by atoms with E-state index in [2.05, 4.69) is 20.9 Å². The third-order valence-corrected chi connectivity index (χ3v) is 7.27. The molecule has 1 atom stereocenters. The highest BCUT2D eigenvalue weighted by molar-refractivity contribution is 9.10. The largest absolute Gasteiger partial charge is 0.420 e. The van der Waals surface area contributed by atoms with Crippen LogP contribution in [0, 0.1) is 5.92 Å². The Labute approximate surface area is 171 Å². The standard InChI is InChI=1S/C18H18BrClN2O4S/c1-12-4-3-9-22(11-12)27(24,25)16-10-13(6-7-14(16)20)18(23)26-15-5-2-8-21-17(15)19/h2,5-8,10,12H,3-4,9,11H2,1H3. The molecule has 27 heavy (non-hydrogen) atoms. The first-order valence-corrected chi connectivity index (χ1v) is 11.0. The van der Waals surface area contributed by atoms with E-state index in [0.29, 0.717) is 17.7 Å². The lowest BCUT2D eigenvalue weighted by Crippen LogP contribution is -2.39. The van der Waals surface area contributed by atoms with Crippen LogP contribution in [0.15, 0.2) is 46.0 Å². The van der Waals surface area contributed by atoms with Crippen molar-refractivity contribution in [3.8, 4) is 5.75 Å². The molecular formula is C18H18BrClN2O4S. The Morgan fingerprint density at radius 1 is 1.37 bits per heavy atom. The topological polar surface area (TPSA) is 76.6 Å². The zero-order valence-electron chi connectivity index (χ0n) is 14.6. The molecule has 0 aliphatic carbocycles. The van der Waals surface area contributed by atoms with E-state index in [-0.39, 0.29) is 27.1 Å². The molecule has 0 bridgehead atoms. The Bertz CT molecular complexity index is 968. The maximum atomic E-state index is 13.0. The minimum Gasteiger partial charge on any atom is -0.420 e. The molecule has 1 aromatic carbocycles. The first-order chi connectivity index (χ1) is 12.8. The van der Waals surface area contributed by atoms with Gasteiger partial charge in [0, 0.05) is 19.3 Å². The van der Waals surface area contributed by atoms with Crippen LogP contribution in [0.4, 0.5) is 0 Å². The molecular weight excluding hydrogens is 456 g/mol. The van der Waals surface area contributed by atoms with Gasteiger partial charge in [-0.1, -0.05) is 18.5 Å². The number of esters is 1. The number of sulfonamides is 1. The summed E-state index contributed by atoms with van der Waals surface area (Å²) in [5, 5.41) is 0.0762. The van der Waals surface area contributed by atoms with Crippen molar-refractivity contribution >= 4 is 43.5 Å². The Balaban J connectivity index is 1.90. The van der Waals surface area contributed by atoms with E-state index in [1.807, 2.05) is 6.92 Å². The molecule has 9 heteroatoms. The van der Waals surface area contributed by atoms with E-state index >= 15 is 0 Å². The Kier molecular flexibility index (Phi) is 6.20. The quantitative estimate of drug-likeness (QED) is 0.493. The van der Waals surface area contributed by atoms with Gasteiger partial charge in [0.2, 0.25) is 10.0 Å². The van der Waals surface area contributed by atoms with Crippen LogP contribution in [0.1, 0.15) is 30.1 Å². The van der Waals surface area contributed by atoms with Crippen molar-refractivity contribution in [3.63, 3.8) is 0 Å². The van der Waals surface area contributed by atoms with Crippen molar-refractivity contribution in [1.29, 1.82) is 0 Å². The number of halogens is 2. The van der Waals surface area contributed by atoms with E-state index in [1.165, 1.54) is 22.5 Å². The Morgan fingerprint density at radius 2 is 2.15 bits per heavy atom. The van der Waals surface area contributed by atoms with Crippen molar-refractivity contribution < 1.29 is 17.9 Å². The Morgan fingerprint density at radius 3 is 2.85 bits per heavy atom. The van der Waals surface area contributed by atoms with Crippen molar-refractivity contribution in [2.75, 3.05) is 13.1 Å². The van der Waals surface area contributed by atoms with Crippen LogP contribution in [0.25, 0.3) is 0 Å². The minimum absolute atomic E-state index is 0.0762. The van der Waals surface area contributed by atoms with Gasteiger partial charge >= 0.3 is 5.97 Å². The van der Waals surface area contributed by atoms with Gasteiger partial charge in [-0.05, 0) is 65.0 Å². The predicted octanol–water partition coefficient (Wildman–Crippen LogP) is 4.14. The molecule has 1 aliphatic heterocycles. The SMILES string of the molecule is CC1CCCN(S(=O)(=O)c2cc(C(=O)Oc3cccnc3Br)ccc2Cl)C1. The van der Waals surface area contributed by atoms with Crippen LogP contribution in [0.3, 0.4) is 0 Å². The molecule has 0 N–H and O–H groups in total. The zero-order valence-corrected chi connectivity index (χ0v) is 17.7. The first kappa shape index (κ1) is 20.3. The highest BCUT2D eigenvalue weighted by Crippen LogP contribution is 2.30. The van der Waals surface area contributed by atoms with Crippen LogP contribution in [-0.2, 0) is 10.0 Å². The van der Waals surface area contributed by atoms with Crippen LogP contribution in [0.5, 0.6) is 5.75 Å². The average molecular weight is 474 g/mol. The molecule has 0 saturated carbocycles. The maximum Gasteiger partial charge on any atom is 0.343 e. The van der Waals surface area contributed by atoms with E-state index in [0.717, 1.165) is 12.8 Å². The van der Waals surface area contributed by atoms with Crippen LogP contribution in [-0.4, -0.2) is 36.8 Å². The monoisotopic (exact) mass is 472 g/mol. The minimum atomic E-state index is -3.79. The average Bonchev–Trinajstić information content (AvgIpc) is 2.63. The number of aromatic nitrogens is 1. The zero-order chi connectivity index (χ0) is 19.6. The second kappa shape index (κ2) is 8.26. The molecule has 6 nitrogen and oxygen atoms in total. The fourth-order valence-electron chi connectivity index (χ4n) is 2.94. The van der Waals surface area contributed by atoms with Gasteiger partial charge in [-0.2, -0.15) is 4.31 Å². The molecule has 0 spiro atoms. The van der Waals surface area contributed by atoms with Gasteiger partial charge in [0.15, 0.2) is 5.75 Å². The summed E-state index contributed by atoms with van der Waals surface area (Å²) in [5.74, 6) is -0.168. The van der Waals surface area contributed by atoms with Gasteiger partial charge in [-0.15, -0.1) is 0 Å². The molecule has 1 saturated heterocycles. The summed E-state index contributed by atoms with van der Waals surface area (Å²) in [5.41, 5.74) is 0.0961. The van der Waals surface area contributed by atoms with E-state index < -0.39 is 16.0 Å². The molecule has 1 fully saturated rings. The lowest BCUT2D eigenvalue weighted by molar-refractivity contribution is 0.0732. The number of piperidine rings is 1. The number of hydrogen-bond acceptors (Lipinski definition) is 5. The normalized spacial score (nSPS) is 18.3. The smallest absolute Gasteiger partial charge is 0.343 e. The highest BCUT2D eigenvalue weighted by Gasteiger charge is 2.31. The van der Waals surface area contributed by atoms with Gasteiger partial charge in [0.25, 0.3) is 0 Å². The van der Waals surface area contributed by atoms with Crippen LogP contribution >= 0.6 is 27.5 Å². The summed E-state index contributed by atoms with van der Waals surface area (Å²) in [4.78, 5) is 16.4. The second-order valence-corrected chi connectivity index (χ2v) is 9.50. The van der Waals surface area contributed by atoms with Crippen LogP contribution < -0.4 is 4.74 Å². The molecule has 1 aliphatic rings. The third-order valence-electron chi connectivity index (χ3n) is 4.33. The van der Waals surface area contributed by atoms with Crippen molar-refractivity contribution in [2.24, 2.45) is 5.92 Å². The maximum absolute atomic E-state index is 13.0. The predicted molar refractivity (Wildman–Crippen MR) is 106 cm³/mol. The molecule has 3 rings (SSSR count). The molecule has 1 unspecified atom stereocenters. The summed E-state index contributed by atoms with van der Waals surface area (Å²) in [7, 11) is -3.79. The molecule has 2 aromatic rings. The van der Waals surface area contributed by atoms with Crippen LogP contribution in [0.2, 0.25) is 5.02 Å². The second-order valence-electron chi connectivity index (χ2n) is 6.44. The van der Waals surface area contributed by atoms with Crippen molar-refractivity contribution in [3.05, 3.63) is 51.7 Å². The Hall–Kier alpha value is -1.48. The summed E-state index contributed by atoms with van der Waals surface area (Å²) in [6.45, 7) is 2.90. The number of carbonyl (C=O) groups is 1. The van der Waals surface area contributed by atoms with Gasteiger partial charge in [0.1, 0.15) is 9.50 Å². The number of pyridine rings is 1. The molecule has 144 valence electrons. The number of ether oxygens (including phenoxy) is 1. The van der Waals surface area contributed by atoms with Gasteiger partial charge in [0.05, 0.1) is 10.6 Å². The van der Waals surface area contributed by atoms with Crippen molar-refractivity contribution in [2.45, 2.75) is 24.7 Å². The lowest BCUT2D eigenvalue weighted by atomic mass is 10.0. The summed E-state index contributed by atoms with van der Waals surface area (Å²) in [6.07, 6.45) is 3.34. The molecule has 2 heterocycles. The number of rotatable bonds is 4. The first-order valence-electron chi connectivity index (χ1n) is 8.41. The van der Waals surface area contributed by atoms with Crippen molar-refractivity contribution in [1.82, 2.24) is 9.29 Å². The number of nitrogens with zero attached hydrogens (tertiary/aromatic N) is 2. The fourth-order valence-corrected chi connectivity index (χ4v) is 5.37.